The molecule has 1 atom stereocenters. The van der Waals surface area contributed by atoms with Gasteiger partial charge in [0.05, 0.1) is 0 Å². The minimum atomic E-state index is 0.652. The SMILES string of the molecule is CCCNC1CCCN(c2ccc(C)c(Br)c2)C1. The van der Waals surface area contributed by atoms with E-state index >= 15 is 0 Å². The highest BCUT2D eigenvalue weighted by molar-refractivity contribution is 9.10. The summed E-state index contributed by atoms with van der Waals surface area (Å²) in [5, 5.41) is 3.64. The van der Waals surface area contributed by atoms with Gasteiger partial charge in [0.1, 0.15) is 0 Å². The first-order chi connectivity index (χ1) is 8.70. The molecule has 1 aromatic carbocycles. The number of aryl methyl sites for hydroxylation is 1. The quantitative estimate of drug-likeness (QED) is 0.911. The molecule has 18 heavy (non-hydrogen) atoms. The molecule has 1 N–H and O–H groups in total. The molecule has 0 amide bonds. The van der Waals surface area contributed by atoms with E-state index in [0.29, 0.717) is 6.04 Å². The van der Waals surface area contributed by atoms with Crippen molar-refractivity contribution in [2.24, 2.45) is 0 Å². The Morgan fingerprint density at radius 2 is 2.28 bits per heavy atom. The summed E-state index contributed by atoms with van der Waals surface area (Å²) in [5.41, 5.74) is 2.65. The number of halogens is 1. The summed E-state index contributed by atoms with van der Waals surface area (Å²) in [7, 11) is 0. The van der Waals surface area contributed by atoms with Crippen LogP contribution < -0.4 is 10.2 Å². The number of nitrogens with zero attached hydrogens (tertiary/aromatic N) is 1. The standard InChI is InChI=1S/C15H23BrN2/c1-3-8-17-13-5-4-9-18(11-13)14-7-6-12(2)15(16)10-14/h6-7,10,13,17H,3-5,8-9,11H2,1-2H3. The number of anilines is 1. The van der Waals surface area contributed by atoms with E-state index in [1.54, 1.807) is 0 Å². The van der Waals surface area contributed by atoms with Crippen molar-refractivity contribution in [2.75, 3.05) is 24.5 Å². The third-order valence-electron chi connectivity index (χ3n) is 3.62. The minimum Gasteiger partial charge on any atom is -0.370 e. The summed E-state index contributed by atoms with van der Waals surface area (Å²) in [5.74, 6) is 0. The van der Waals surface area contributed by atoms with Gasteiger partial charge in [-0.2, -0.15) is 0 Å². The van der Waals surface area contributed by atoms with Crippen molar-refractivity contribution in [1.82, 2.24) is 5.32 Å². The predicted molar refractivity (Wildman–Crippen MR) is 82.4 cm³/mol. The molecule has 1 unspecified atom stereocenters. The summed E-state index contributed by atoms with van der Waals surface area (Å²) in [4.78, 5) is 2.50. The Morgan fingerprint density at radius 3 is 3.00 bits per heavy atom. The molecular formula is C15H23BrN2. The monoisotopic (exact) mass is 310 g/mol. The average Bonchev–Trinajstić information content (AvgIpc) is 2.40. The molecule has 0 saturated carbocycles. The highest BCUT2D eigenvalue weighted by Crippen LogP contribution is 2.25. The van der Waals surface area contributed by atoms with Gasteiger partial charge in [-0.05, 0) is 50.4 Å². The zero-order valence-electron chi connectivity index (χ0n) is 11.4. The number of hydrogen-bond donors (Lipinski definition) is 1. The highest BCUT2D eigenvalue weighted by Gasteiger charge is 2.19. The van der Waals surface area contributed by atoms with E-state index in [0.717, 1.165) is 13.1 Å². The lowest BCUT2D eigenvalue weighted by atomic mass is 10.0. The predicted octanol–water partition coefficient (Wildman–Crippen LogP) is 3.73. The Kier molecular flexibility index (Phi) is 5.07. The van der Waals surface area contributed by atoms with E-state index in [-0.39, 0.29) is 0 Å². The molecule has 1 aromatic rings. The van der Waals surface area contributed by atoms with E-state index in [9.17, 15) is 0 Å². The smallest absolute Gasteiger partial charge is 0.0378 e. The zero-order valence-corrected chi connectivity index (χ0v) is 13.0. The van der Waals surface area contributed by atoms with Crippen LogP contribution >= 0.6 is 15.9 Å². The molecule has 0 aromatic heterocycles. The minimum absolute atomic E-state index is 0.652. The van der Waals surface area contributed by atoms with Crippen molar-refractivity contribution in [3.05, 3.63) is 28.2 Å². The third-order valence-corrected chi connectivity index (χ3v) is 4.48. The third kappa shape index (κ3) is 3.48. The molecule has 3 heteroatoms. The van der Waals surface area contributed by atoms with Gasteiger partial charge >= 0.3 is 0 Å². The molecule has 0 aliphatic carbocycles. The van der Waals surface area contributed by atoms with Crippen molar-refractivity contribution in [3.8, 4) is 0 Å². The van der Waals surface area contributed by atoms with E-state index in [1.807, 2.05) is 0 Å². The second-order valence-electron chi connectivity index (χ2n) is 5.17. The van der Waals surface area contributed by atoms with Crippen LogP contribution in [0.4, 0.5) is 5.69 Å². The molecule has 1 aliphatic rings. The van der Waals surface area contributed by atoms with Crippen LogP contribution in [0.2, 0.25) is 0 Å². The van der Waals surface area contributed by atoms with Crippen molar-refractivity contribution < 1.29 is 0 Å². The van der Waals surface area contributed by atoms with E-state index < -0.39 is 0 Å². The normalized spacial score (nSPS) is 20.2. The van der Waals surface area contributed by atoms with Gasteiger partial charge in [0, 0.05) is 29.3 Å². The van der Waals surface area contributed by atoms with Gasteiger partial charge in [-0.15, -0.1) is 0 Å². The first-order valence-corrected chi connectivity index (χ1v) is 7.74. The Labute approximate surface area is 119 Å². The summed E-state index contributed by atoms with van der Waals surface area (Å²) in [6.07, 6.45) is 3.81. The summed E-state index contributed by atoms with van der Waals surface area (Å²) in [6.45, 7) is 7.81. The molecule has 1 saturated heterocycles. The molecule has 0 spiro atoms. The molecule has 0 bridgehead atoms. The van der Waals surface area contributed by atoms with Gasteiger partial charge in [0.15, 0.2) is 0 Å². The van der Waals surface area contributed by atoms with Gasteiger partial charge in [0.25, 0.3) is 0 Å². The van der Waals surface area contributed by atoms with Crippen molar-refractivity contribution in [1.29, 1.82) is 0 Å². The van der Waals surface area contributed by atoms with Crippen molar-refractivity contribution >= 4 is 21.6 Å². The zero-order chi connectivity index (χ0) is 13.0. The number of benzene rings is 1. The topological polar surface area (TPSA) is 15.3 Å². The number of piperidine rings is 1. The van der Waals surface area contributed by atoms with Crippen molar-refractivity contribution in [3.63, 3.8) is 0 Å². The lowest BCUT2D eigenvalue weighted by molar-refractivity contribution is 0.423. The second kappa shape index (κ2) is 6.58. The molecule has 2 rings (SSSR count). The van der Waals surface area contributed by atoms with E-state index in [1.165, 1.54) is 41.5 Å². The fraction of sp³-hybridized carbons (Fsp3) is 0.600. The van der Waals surface area contributed by atoms with E-state index in [2.05, 4.69) is 58.2 Å². The van der Waals surface area contributed by atoms with Crippen LogP contribution in [-0.4, -0.2) is 25.7 Å². The summed E-state index contributed by atoms with van der Waals surface area (Å²) < 4.78 is 1.21. The molecule has 0 radical (unpaired) electrons. The first kappa shape index (κ1) is 13.9. The molecule has 2 nitrogen and oxygen atoms in total. The van der Waals surface area contributed by atoms with E-state index in [4.69, 9.17) is 0 Å². The molecule has 1 fully saturated rings. The van der Waals surface area contributed by atoms with Gasteiger partial charge in [-0.3, -0.25) is 0 Å². The van der Waals surface area contributed by atoms with Crippen LogP contribution in [0.25, 0.3) is 0 Å². The van der Waals surface area contributed by atoms with Crippen molar-refractivity contribution in [2.45, 2.75) is 39.2 Å². The van der Waals surface area contributed by atoms with Crippen LogP contribution in [0, 0.1) is 6.92 Å². The fourth-order valence-electron chi connectivity index (χ4n) is 2.51. The van der Waals surface area contributed by atoms with Gasteiger partial charge in [-0.1, -0.05) is 28.9 Å². The Morgan fingerprint density at radius 1 is 1.44 bits per heavy atom. The maximum absolute atomic E-state index is 3.64. The van der Waals surface area contributed by atoms with Crippen LogP contribution in [-0.2, 0) is 0 Å². The number of hydrogen-bond acceptors (Lipinski definition) is 2. The maximum atomic E-state index is 3.64. The number of nitrogens with one attached hydrogen (secondary N) is 1. The first-order valence-electron chi connectivity index (χ1n) is 6.95. The average molecular weight is 311 g/mol. The summed E-state index contributed by atoms with van der Waals surface area (Å²) in [6, 6.07) is 7.33. The molecule has 1 heterocycles. The Hall–Kier alpha value is -0.540. The lowest BCUT2D eigenvalue weighted by Crippen LogP contribution is -2.46. The second-order valence-corrected chi connectivity index (χ2v) is 6.03. The van der Waals surface area contributed by atoms with Crippen LogP contribution in [0.15, 0.2) is 22.7 Å². The molecular weight excluding hydrogens is 288 g/mol. The largest absolute Gasteiger partial charge is 0.370 e. The highest BCUT2D eigenvalue weighted by atomic mass is 79.9. The van der Waals surface area contributed by atoms with Gasteiger partial charge in [-0.25, -0.2) is 0 Å². The van der Waals surface area contributed by atoms with Crippen LogP contribution in [0.1, 0.15) is 31.7 Å². The van der Waals surface area contributed by atoms with Crippen LogP contribution in [0.3, 0.4) is 0 Å². The Balaban J connectivity index is 2.01. The van der Waals surface area contributed by atoms with Gasteiger partial charge in [0.2, 0.25) is 0 Å². The van der Waals surface area contributed by atoms with Crippen LogP contribution in [0.5, 0.6) is 0 Å². The lowest BCUT2D eigenvalue weighted by Gasteiger charge is -2.35. The fourth-order valence-corrected chi connectivity index (χ4v) is 2.87. The molecule has 1 aliphatic heterocycles. The van der Waals surface area contributed by atoms with Gasteiger partial charge < -0.3 is 10.2 Å². The number of rotatable bonds is 4. The molecule has 100 valence electrons. The maximum Gasteiger partial charge on any atom is 0.0378 e. The Bertz CT molecular complexity index is 392. The summed E-state index contributed by atoms with van der Waals surface area (Å²) >= 11 is 3.63.